The fraction of sp³-hybridized carbons (Fsp3) is 0. The van der Waals surface area contributed by atoms with Crippen molar-refractivity contribution < 1.29 is 9.18 Å². The molecule has 0 saturated heterocycles. The number of nitrogens with zero attached hydrogens (tertiary/aromatic N) is 1. The van der Waals surface area contributed by atoms with Gasteiger partial charge in [0, 0.05) is 0 Å². The predicted octanol–water partition coefficient (Wildman–Crippen LogP) is 4.00. The maximum absolute atomic E-state index is 13.7. The Morgan fingerprint density at radius 3 is 2.61 bits per heavy atom. The number of benzene rings is 1. The van der Waals surface area contributed by atoms with Crippen LogP contribution in [0.2, 0.25) is 0 Å². The molecule has 0 fully saturated rings. The number of pyridine rings is 1. The molecule has 0 aliphatic rings. The van der Waals surface area contributed by atoms with Gasteiger partial charge in [-0.25, -0.2) is 9.37 Å². The van der Waals surface area contributed by atoms with E-state index < -0.39 is 11.7 Å². The van der Waals surface area contributed by atoms with Gasteiger partial charge >= 0.3 is 0 Å². The zero-order chi connectivity index (χ0) is 13.1. The third kappa shape index (κ3) is 2.94. The molecule has 0 spiro atoms. The quantitative estimate of drug-likeness (QED) is 0.808. The highest BCUT2D eigenvalue weighted by Crippen LogP contribution is 2.19. The molecule has 0 bridgehead atoms. The maximum atomic E-state index is 13.7. The van der Waals surface area contributed by atoms with Gasteiger partial charge in [-0.3, -0.25) is 4.79 Å². The van der Waals surface area contributed by atoms with Crippen molar-refractivity contribution >= 4 is 43.6 Å². The summed E-state index contributed by atoms with van der Waals surface area (Å²) < 4.78 is 14.5. The Labute approximate surface area is 120 Å². The van der Waals surface area contributed by atoms with Crippen molar-refractivity contribution in [2.24, 2.45) is 0 Å². The lowest BCUT2D eigenvalue weighted by Gasteiger charge is -2.06. The van der Waals surface area contributed by atoms with Crippen LogP contribution in [0, 0.1) is 5.82 Å². The van der Waals surface area contributed by atoms with Gasteiger partial charge in [0.2, 0.25) is 0 Å². The number of carbonyl (C=O) groups excluding carboxylic acids is 1. The number of nitrogens with one attached hydrogen (secondary N) is 1. The minimum Gasteiger partial charge on any atom is -0.306 e. The molecule has 0 atom stereocenters. The summed E-state index contributed by atoms with van der Waals surface area (Å²) in [5, 5.41) is 2.53. The molecular formula is C12H7Br2FN2O. The van der Waals surface area contributed by atoms with Crippen LogP contribution in [0.1, 0.15) is 10.4 Å². The summed E-state index contributed by atoms with van der Waals surface area (Å²) >= 11 is 6.22. The number of rotatable bonds is 2. The first-order valence-corrected chi connectivity index (χ1v) is 6.54. The smallest absolute Gasteiger partial charge is 0.259 e. The van der Waals surface area contributed by atoms with Crippen LogP contribution in [0.3, 0.4) is 0 Å². The summed E-state index contributed by atoms with van der Waals surface area (Å²) in [4.78, 5) is 15.9. The van der Waals surface area contributed by atoms with Gasteiger partial charge in [0.05, 0.1) is 10.0 Å². The van der Waals surface area contributed by atoms with Crippen LogP contribution >= 0.6 is 31.9 Å². The summed E-state index contributed by atoms with van der Waals surface area (Å²) in [6, 6.07) is 9.62. The van der Waals surface area contributed by atoms with Crippen molar-refractivity contribution in [2.45, 2.75) is 0 Å². The van der Waals surface area contributed by atoms with Crippen molar-refractivity contribution in [3.05, 3.63) is 56.9 Å². The van der Waals surface area contributed by atoms with E-state index in [1.807, 2.05) is 0 Å². The lowest BCUT2D eigenvalue weighted by Crippen LogP contribution is -2.14. The van der Waals surface area contributed by atoms with Crippen molar-refractivity contribution in [2.75, 3.05) is 5.32 Å². The highest BCUT2D eigenvalue weighted by molar-refractivity contribution is 9.10. The molecule has 0 radical (unpaired) electrons. The molecule has 0 aliphatic carbocycles. The first kappa shape index (κ1) is 13.2. The Balaban J connectivity index is 2.25. The summed E-state index contributed by atoms with van der Waals surface area (Å²) in [7, 11) is 0. The molecule has 6 heteroatoms. The van der Waals surface area contributed by atoms with Crippen LogP contribution in [0.15, 0.2) is 45.5 Å². The molecule has 18 heavy (non-hydrogen) atoms. The van der Waals surface area contributed by atoms with Crippen molar-refractivity contribution in [1.29, 1.82) is 0 Å². The fourth-order valence-corrected chi connectivity index (χ4v) is 2.05. The average molecular weight is 374 g/mol. The number of hydrogen-bond acceptors (Lipinski definition) is 2. The molecule has 2 rings (SSSR count). The van der Waals surface area contributed by atoms with E-state index >= 15 is 0 Å². The lowest BCUT2D eigenvalue weighted by atomic mass is 10.2. The second-order valence-corrected chi connectivity index (χ2v) is 5.07. The minimum absolute atomic E-state index is 0.0360. The topological polar surface area (TPSA) is 42.0 Å². The fourth-order valence-electron chi connectivity index (χ4n) is 1.34. The Morgan fingerprint density at radius 2 is 1.89 bits per heavy atom. The van der Waals surface area contributed by atoms with E-state index in [0.717, 1.165) is 0 Å². The average Bonchev–Trinajstić information content (AvgIpc) is 2.32. The molecule has 92 valence electrons. The Hall–Kier alpha value is -1.27. The van der Waals surface area contributed by atoms with Gasteiger partial charge in [0.15, 0.2) is 0 Å². The monoisotopic (exact) mass is 372 g/mol. The van der Waals surface area contributed by atoms with E-state index in [9.17, 15) is 9.18 Å². The van der Waals surface area contributed by atoms with E-state index in [-0.39, 0.29) is 10.0 Å². The first-order chi connectivity index (χ1) is 8.58. The Bertz CT molecular complexity index is 604. The number of carbonyl (C=O) groups is 1. The Morgan fingerprint density at radius 1 is 1.17 bits per heavy atom. The summed E-state index contributed by atoms with van der Waals surface area (Å²) in [6.45, 7) is 0. The van der Waals surface area contributed by atoms with Gasteiger partial charge in [-0.1, -0.05) is 12.1 Å². The standard InChI is InChI=1S/C12H7Br2FN2O/c13-8-4-1-3-7(11(8)15)12(18)17-10-6-2-5-9(14)16-10/h1-6H,(H,16,17,18). The zero-order valence-corrected chi connectivity index (χ0v) is 12.1. The number of hydrogen-bond donors (Lipinski definition) is 1. The minimum atomic E-state index is -0.593. The first-order valence-electron chi connectivity index (χ1n) is 4.96. The summed E-state index contributed by atoms with van der Waals surface area (Å²) in [6.07, 6.45) is 0. The molecule has 2 aromatic rings. The van der Waals surface area contributed by atoms with Gasteiger partial charge in [-0.05, 0) is 56.1 Å². The predicted molar refractivity (Wildman–Crippen MR) is 74.0 cm³/mol. The second-order valence-electron chi connectivity index (χ2n) is 3.40. The number of amides is 1. The third-order valence-electron chi connectivity index (χ3n) is 2.15. The highest BCUT2D eigenvalue weighted by atomic mass is 79.9. The molecule has 0 aliphatic heterocycles. The van der Waals surface area contributed by atoms with Crippen LogP contribution in [0.25, 0.3) is 0 Å². The molecule has 1 N–H and O–H groups in total. The van der Waals surface area contributed by atoms with Crippen LogP contribution in [-0.2, 0) is 0 Å². The molecule has 0 unspecified atom stereocenters. The van der Waals surface area contributed by atoms with E-state index in [1.165, 1.54) is 12.1 Å². The van der Waals surface area contributed by atoms with E-state index in [1.54, 1.807) is 24.3 Å². The van der Waals surface area contributed by atoms with Gasteiger partial charge in [-0.15, -0.1) is 0 Å². The SMILES string of the molecule is O=C(Nc1cccc(Br)n1)c1cccc(Br)c1F. The molecule has 0 saturated carbocycles. The summed E-state index contributed by atoms with van der Waals surface area (Å²) in [5.74, 6) is -0.779. The van der Waals surface area contributed by atoms with Crippen LogP contribution in [0.4, 0.5) is 10.2 Å². The van der Waals surface area contributed by atoms with E-state index in [0.29, 0.717) is 10.4 Å². The van der Waals surface area contributed by atoms with E-state index in [4.69, 9.17) is 0 Å². The lowest BCUT2D eigenvalue weighted by molar-refractivity contribution is 0.102. The third-order valence-corrected chi connectivity index (χ3v) is 3.21. The van der Waals surface area contributed by atoms with Crippen LogP contribution < -0.4 is 5.32 Å². The molecular weight excluding hydrogens is 367 g/mol. The molecule has 1 aromatic carbocycles. The normalized spacial score (nSPS) is 10.2. The van der Waals surface area contributed by atoms with Crippen molar-refractivity contribution in [1.82, 2.24) is 4.98 Å². The van der Waals surface area contributed by atoms with Gasteiger partial charge in [0.1, 0.15) is 16.2 Å². The molecule has 3 nitrogen and oxygen atoms in total. The highest BCUT2D eigenvalue weighted by Gasteiger charge is 2.14. The Kier molecular flexibility index (Phi) is 4.08. The van der Waals surface area contributed by atoms with E-state index in [2.05, 4.69) is 42.2 Å². The van der Waals surface area contributed by atoms with Crippen molar-refractivity contribution in [3.63, 3.8) is 0 Å². The van der Waals surface area contributed by atoms with Gasteiger partial charge < -0.3 is 5.32 Å². The van der Waals surface area contributed by atoms with Gasteiger partial charge in [0.25, 0.3) is 5.91 Å². The molecule has 1 heterocycles. The summed E-state index contributed by atoms with van der Waals surface area (Å²) in [5.41, 5.74) is -0.0360. The number of aromatic nitrogens is 1. The largest absolute Gasteiger partial charge is 0.306 e. The number of halogens is 3. The van der Waals surface area contributed by atoms with Crippen LogP contribution in [0.5, 0.6) is 0 Å². The zero-order valence-electron chi connectivity index (χ0n) is 8.95. The van der Waals surface area contributed by atoms with Gasteiger partial charge in [-0.2, -0.15) is 0 Å². The molecule has 1 aromatic heterocycles. The maximum Gasteiger partial charge on any atom is 0.259 e. The second kappa shape index (κ2) is 5.58. The number of anilines is 1. The van der Waals surface area contributed by atoms with Crippen molar-refractivity contribution in [3.8, 4) is 0 Å². The molecule has 1 amide bonds. The van der Waals surface area contributed by atoms with Crippen LogP contribution in [-0.4, -0.2) is 10.9 Å².